The minimum atomic E-state index is -2.10. The molecule has 20 heavy (non-hydrogen) atoms. The molecule has 0 bridgehead atoms. The Morgan fingerprint density at radius 2 is 2.10 bits per heavy atom. The summed E-state index contributed by atoms with van der Waals surface area (Å²) >= 11 is 0. The monoisotopic (exact) mass is 283 g/mol. The van der Waals surface area contributed by atoms with E-state index in [0.717, 1.165) is 13.0 Å². The number of amides is 2. The van der Waals surface area contributed by atoms with Gasteiger partial charge in [-0.25, -0.2) is 9.59 Å². The van der Waals surface area contributed by atoms with Gasteiger partial charge in [0.2, 0.25) is 0 Å². The number of hydrogen-bond donors (Lipinski definition) is 4. The fraction of sp³-hybridized carbons (Fsp3) is 0.273. The highest BCUT2D eigenvalue weighted by molar-refractivity contribution is 5.90. The zero-order valence-electron chi connectivity index (χ0n) is 10.5. The van der Waals surface area contributed by atoms with Gasteiger partial charge in [-0.1, -0.05) is 6.07 Å². The second kappa shape index (κ2) is 5.97. The molecule has 0 fully saturated rings. The summed E-state index contributed by atoms with van der Waals surface area (Å²) in [6.45, 7) is 0.520. The number of aliphatic carboxylic acids is 1. The average molecular weight is 283 g/mol. The number of nitrogens with one attached hydrogen (secondary N) is 2. The molecular weight excluding hydrogens is 270 g/mol. The van der Waals surface area contributed by atoms with E-state index < -0.39 is 29.1 Å². The topological polar surface area (TPSA) is 142 Å². The van der Waals surface area contributed by atoms with Crippen LogP contribution in [0.5, 0.6) is 0 Å². The smallest absolute Gasteiger partial charge is 0.337 e. The molecule has 9 nitrogen and oxygen atoms in total. The minimum Gasteiger partial charge on any atom is -0.479 e. The van der Waals surface area contributed by atoms with Gasteiger partial charge in [0.05, 0.1) is 11.5 Å². The van der Waals surface area contributed by atoms with Crippen molar-refractivity contribution in [2.75, 3.05) is 11.9 Å². The lowest BCUT2D eigenvalue weighted by molar-refractivity contribution is -0.384. The fourth-order valence-corrected chi connectivity index (χ4v) is 1.20. The number of benzene rings is 1. The van der Waals surface area contributed by atoms with Crippen LogP contribution in [0.15, 0.2) is 24.3 Å². The maximum Gasteiger partial charge on any atom is 0.337 e. The first-order valence-electron chi connectivity index (χ1n) is 5.47. The Kier molecular flexibility index (Phi) is 4.59. The summed E-state index contributed by atoms with van der Waals surface area (Å²) in [7, 11) is 0. The van der Waals surface area contributed by atoms with E-state index in [-0.39, 0.29) is 11.4 Å². The van der Waals surface area contributed by atoms with Gasteiger partial charge in [0.1, 0.15) is 0 Å². The van der Waals surface area contributed by atoms with Crippen LogP contribution in [0.25, 0.3) is 0 Å². The van der Waals surface area contributed by atoms with Crippen LogP contribution in [-0.2, 0) is 4.79 Å². The Morgan fingerprint density at radius 3 is 2.65 bits per heavy atom. The van der Waals surface area contributed by atoms with Crippen molar-refractivity contribution in [2.45, 2.75) is 12.5 Å². The summed E-state index contributed by atoms with van der Waals surface area (Å²) in [6, 6.07) is 4.45. The number of carbonyl (C=O) groups is 2. The number of nitro benzene ring substituents is 1. The third kappa shape index (κ3) is 4.21. The predicted molar refractivity (Wildman–Crippen MR) is 68.4 cm³/mol. The second-order valence-electron chi connectivity index (χ2n) is 4.19. The van der Waals surface area contributed by atoms with Crippen molar-refractivity contribution >= 4 is 23.4 Å². The van der Waals surface area contributed by atoms with E-state index in [0.29, 0.717) is 0 Å². The van der Waals surface area contributed by atoms with E-state index in [4.69, 9.17) is 5.11 Å². The molecular formula is C11H13N3O6. The molecule has 1 aromatic carbocycles. The molecule has 0 aliphatic heterocycles. The van der Waals surface area contributed by atoms with Gasteiger partial charge in [0.25, 0.3) is 5.69 Å². The molecule has 0 radical (unpaired) electrons. The summed E-state index contributed by atoms with van der Waals surface area (Å²) in [4.78, 5) is 32.0. The van der Waals surface area contributed by atoms with Crippen molar-refractivity contribution in [1.82, 2.24) is 5.32 Å². The van der Waals surface area contributed by atoms with E-state index in [9.17, 15) is 24.8 Å². The summed E-state index contributed by atoms with van der Waals surface area (Å²) in [5, 5.41) is 33.0. The number of hydrogen-bond acceptors (Lipinski definition) is 5. The maximum atomic E-state index is 11.5. The lowest BCUT2D eigenvalue weighted by Crippen LogP contribution is -2.47. The van der Waals surface area contributed by atoms with Gasteiger partial charge in [-0.05, 0) is 13.0 Å². The van der Waals surface area contributed by atoms with Gasteiger partial charge >= 0.3 is 12.0 Å². The van der Waals surface area contributed by atoms with Gasteiger partial charge in [-0.15, -0.1) is 0 Å². The Bertz CT molecular complexity index is 543. The van der Waals surface area contributed by atoms with Crippen LogP contribution in [0.1, 0.15) is 6.92 Å². The van der Waals surface area contributed by atoms with Crippen LogP contribution < -0.4 is 10.6 Å². The van der Waals surface area contributed by atoms with E-state index in [1.165, 1.54) is 18.2 Å². The van der Waals surface area contributed by atoms with E-state index in [2.05, 4.69) is 10.6 Å². The van der Waals surface area contributed by atoms with Gasteiger partial charge in [-0.2, -0.15) is 0 Å². The minimum absolute atomic E-state index is 0.173. The van der Waals surface area contributed by atoms with E-state index >= 15 is 0 Å². The van der Waals surface area contributed by atoms with Crippen molar-refractivity contribution in [1.29, 1.82) is 0 Å². The predicted octanol–water partition coefficient (Wildman–Crippen LogP) is 0.552. The maximum absolute atomic E-state index is 11.5. The number of anilines is 1. The van der Waals surface area contributed by atoms with E-state index in [1.54, 1.807) is 0 Å². The van der Waals surface area contributed by atoms with Crippen molar-refractivity contribution in [3.8, 4) is 0 Å². The first kappa shape index (κ1) is 15.4. The average Bonchev–Trinajstić information content (AvgIpc) is 2.36. The highest BCUT2D eigenvalue weighted by atomic mass is 16.6. The largest absolute Gasteiger partial charge is 0.479 e. The van der Waals surface area contributed by atoms with Crippen molar-refractivity contribution in [3.63, 3.8) is 0 Å². The van der Waals surface area contributed by atoms with Crippen LogP contribution in [0.2, 0.25) is 0 Å². The summed E-state index contributed by atoms with van der Waals surface area (Å²) in [6.07, 6.45) is 0. The summed E-state index contributed by atoms with van der Waals surface area (Å²) in [5.41, 5.74) is -2.12. The molecule has 0 heterocycles. The van der Waals surface area contributed by atoms with Crippen LogP contribution in [0, 0.1) is 10.1 Å². The van der Waals surface area contributed by atoms with Gasteiger partial charge in [-0.3, -0.25) is 10.1 Å². The summed E-state index contributed by atoms with van der Waals surface area (Å²) < 4.78 is 0. The third-order valence-electron chi connectivity index (χ3n) is 2.37. The lowest BCUT2D eigenvalue weighted by Gasteiger charge is -2.18. The van der Waals surface area contributed by atoms with Crippen LogP contribution in [0.3, 0.4) is 0 Å². The van der Waals surface area contributed by atoms with Crippen molar-refractivity contribution in [2.24, 2.45) is 0 Å². The molecule has 1 atom stereocenters. The Hall–Kier alpha value is -2.68. The Morgan fingerprint density at radius 1 is 1.45 bits per heavy atom. The van der Waals surface area contributed by atoms with Gasteiger partial charge in [0.15, 0.2) is 5.60 Å². The number of aliphatic hydroxyl groups is 1. The quantitative estimate of drug-likeness (QED) is 0.459. The molecule has 0 spiro atoms. The Labute approximate surface area is 113 Å². The van der Waals surface area contributed by atoms with Crippen LogP contribution in [0.4, 0.5) is 16.2 Å². The second-order valence-corrected chi connectivity index (χ2v) is 4.19. The molecule has 4 N–H and O–H groups in total. The number of nitro groups is 1. The molecule has 0 saturated heterocycles. The first-order chi connectivity index (χ1) is 9.22. The molecule has 1 unspecified atom stereocenters. The fourth-order valence-electron chi connectivity index (χ4n) is 1.20. The number of carboxylic acids is 1. The normalized spacial score (nSPS) is 13.1. The SMILES string of the molecule is CC(O)(CNC(=O)Nc1cccc([N+](=O)[O-])c1)C(=O)O. The molecule has 0 saturated carbocycles. The lowest BCUT2D eigenvalue weighted by atomic mass is 10.1. The third-order valence-corrected chi connectivity index (χ3v) is 2.37. The van der Waals surface area contributed by atoms with Crippen molar-refractivity contribution < 1.29 is 24.7 Å². The van der Waals surface area contributed by atoms with E-state index in [1.807, 2.05) is 0 Å². The summed E-state index contributed by atoms with van der Waals surface area (Å²) in [5.74, 6) is -1.48. The van der Waals surface area contributed by atoms with Gasteiger partial charge in [0, 0.05) is 17.8 Å². The van der Waals surface area contributed by atoms with Crippen LogP contribution in [-0.4, -0.2) is 39.3 Å². The van der Waals surface area contributed by atoms with Gasteiger partial charge < -0.3 is 20.8 Å². The molecule has 2 amide bonds. The molecule has 108 valence electrons. The molecule has 9 heteroatoms. The van der Waals surface area contributed by atoms with Crippen molar-refractivity contribution in [3.05, 3.63) is 34.4 Å². The van der Waals surface area contributed by atoms with Crippen LogP contribution >= 0.6 is 0 Å². The molecule has 1 aromatic rings. The molecule has 0 aliphatic carbocycles. The molecule has 0 aromatic heterocycles. The molecule has 0 aliphatic rings. The molecule has 1 rings (SSSR count). The number of nitrogens with zero attached hydrogens (tertiary/aromatic N) is 1. The highest BCUT2D eigenvalue weighted by Gasteiger charge is 2.30. The zero-order chi connectivity index (χ0) is 15.3. The highest BCUT2D eigenvalue weighted by Crippen LogP contribution is 2.16. The zero-order valence-corrected chi connectivity index (χ0v) is 10.5. The number of carboxylic acid groups (broad SMARTS) is 1. The number of urea groups is 1. The standard InChI is InChI=1S/C11H13N3O6/c1-11(18,9(15)16)6-12-10(17)13-7-3-2-4-8(5-7)14(19)20/h2-5,18H,6H2,1H3,(H,15,16)(H2,12,13,17). The number of rotatable bonds is 5. The number of carbonyl (C=O) groups excluding carboxylic acids is 1. The number of non-ortho nitro benzene ring substituents is 1. The Balaban J connectivity index is 2.61. The first-order valence-corrected chi connectivity index (χ1v) is 5.47.